The van der Waals surface area contributed by atoms with Crippen molar-refractivity contribution in [2.45, 2.75) is 6.04 Å². The monoisotopic (exact) mass is 242 g/mol. The van der Waals surface area contributed by atoms with E-state index >= 15 is 0 Å². The number of aliphatic hydroxyl groups excluding tert-OH is 1. The molecule has 0 spiro atoms. The second-order valence-corrected chi connectivity index (χ2v) is 3.12. The van der Waals surface area contributed by atoms with Crippen LogP contribution in [0.5, 0.6) is 0 Å². The van der Waals surface area contributed by atoms with Crippen molar-refractivity contribution in [2.75, 3.05) is 13.7 Å². The summed E-state index contributed by atoms with van der Waals surface area (Å²) >= 11 is 0. The Morgan fingerprint density at radius 3 is 2.82 bits per heavy atom. The Morgan fingerprint density at radius 2 is 2.29 bits per heavy atom. The van der Waals surface area contributed by atoms with Gasteiger partial charge in [-0.2, -0.15) is 0 Å². The number of hydrogen-bond donors (Lipinski definition) is 2. The van der Waals surface area contributed by atoms with Crippen LogP contribution in [0.15, 0.2) is 18.5 Å². The first-order valence-electron chi connectivity index (χ1n) is 4.68. The van der Waals surface area contributed by atoms with E-state index in [2.05, 4.69) is 15.0 Å². The zero-order valence-corrected chi connectivity index (χ0v) is 9.01. The lowest BCUT2D eigenvalue weighted by molar-refractivity contribution is -0.143. The highest BCUT2D eigenvalue weighted by Crippen LogP contribution is 2.01. The molecule has 1 unspecified atom stereocenters. The molecule has 1 heterocycles. The number of nitrogens with one attached hydrogen (secondary N) is 1. The number of ether oxygens (including phenoxy) is 1. The third-order valence-corrected chi connectivity index (χ3v) is 1.94. The van der Waals surface area contributed by atoms with Crippen LogP contribution in [-0.4, -0.2) is 41.7 Å². The minimum atomic E-state index is -1.18. The van der Waals surface area contributed by atoms with Crippen LogP contribution in [0.3, 0.4) is 0 Å². The van der Waals surface area contributed by atoms with Gasteiger partial charge in [-0.05, 0) is 6.07 Å². The molecule has 0 aliphatic heterocycles. The van der Waals surface area contributed by atoms with E-state index in [-0.39, 0.29) is 5.56 Å². The molecule has 0 radical (unpaired) electrons. The van der Waals surface area contributed by atoms with Gasteiger partial charge >= 0.3 is 5.97 Å². The fourth-order valence-electron chi connectivity index (χ4n) is 1.10. The summed E-state index contributed by atoms with van der Waals surface area (Å²) in [6, 6.07) is -0.218. The molecule has 7 heteroatoms. The lowest BCUT2D eigenvalue weighted by Crippen LogP contribution is -2.44. The summed E-state index contributed by atoms with van der Waals surface area (Å²) in [4.78, 5) is 26.1. The molecule has 92 valence electrons. The summed E-state index contributed by atoms with van der Waals surface area (Å²) in [5.41, 5.74) is -0.0487. The molecule has 0 aliphatic carbocycles. The number of esters is 1. The number of rotatable bonds is 4. The van der Waals surface area contributed by atoms with Crippen LogP contribution in [0.25, 0.3) is 0 Å². The SMILES string of the molecule is COC(=O)C(CO)NC(=O)c1cncc(F)c1. The number of methoxy groups -OCH3 is 1. The highest BCUT2D eigenvalue weighted by atomic mass is 19.1. The van der Waals surface area contributed by atoms with Crippen LogP contribution in [0.2, 0.25) is 0 Å². The molecule has 0 saturated carbocycles. The Morgan fingerprint density at radius 1 is 1.59 bits per heavy atom. The molecule has 1 aromatic heterocycles. The normalized spacial score (nSPS) is 11.7. The molecule has 0 aliphatic rings. The van der Waals surface area contributed by atoms with Gasteiger partial charge in [0, 0.05) is 6.20 Å². The number of hydrogen-bond acceptors (Lipinski definition) is 5. The zero-order valence-electron chi connectivity index (χ0n) is 9.01. The maximum absolute atomic E-state index is 12.8. The van der Waals surface area contributed by atoms with Crippen molar-refractivity contribution in [3.8, 4) is 0 Å². The number of amides is 1. The van der Waals surface area contributed by atoms with Gasteiger partial charge in [0.1, 0.15) is 5.82 Å². The van der Waals surface area contributed by atoms with Gasteiger partial charge in [-0.3, -0.25) is 9.78 Å². The molecule has 2 N–H and O–H groups in total. The Bertz CT molecular complexity index is 425. The number of aliphatic hydroxyl groups is 1. The van der Waals surface area contributed by atoms with Crippen LogP contribution in [-0.2, 0) is 9.53 Å². The summed E-state index contributed by atoms with van der Waals surface area (Å²) in [5.74, 6) is -2.18. The average Bonchev–Trinajstić information content (AvgIpc) is 2.34. The maximum atomic E-state index is 12.8. The van der Waals surface area contributed by atoms with Crippen LogP contribution in [0, 0.1) is 5.82 Å². The minimum Gasteiger partial charge on any atom is -0.467 e. The van der Waals surface area contributed by atoms with Gasteiger partial charge in [-0.25, -0.2) is 9.18 Å². The zero-order chi connectivity index (χ0) is 12.8. The number of carbonyl (C=O) groups excluding carboxylic acids is 2. The van der Waals surface area contributed by atoms with Crippen LogP contribution < -0.4 is 5.32 Å². The lowest BCUT2D eigenvalue weighted by atomic mass is 10.2. The van der Waals surface area contributed by atoms with Crippen LogP contribution >= 0.6 is 0 Å². The largest absolute Gasteiger partial charge is 0.467 e. The molecule has 17 heavy (non-hydrogen) atoms. The average molecular weight is 242 g/mol. The predicted octanol–water partition coefficient (Wildman–Crippen LogP) is -0.516. The quantitative estimate of drug-likeness (QED) is 0.694. The third-order valence-electron chi connectivity index (χ3n) is 1.94. The molecule has 6 nitrogen and oxygen atoms in total. The Balaban J connectivity index is 2.74. The molecule has 1 rings (SSSR count). The first-order valence-corrected chi connectivity index (χ1v) is 4.68. The van der Waals surface area contributed by atoms with E-state index in [0.29, 0.717) is 0 Å². The molecule has 0 saturated heterocycles. The van der Waals surface area contributed by atoms with Crippen molar-refractivity contribution < 1.29 is 23.8 Å². The van der Waals surface area contributed by atoms with Crippen molar-refractivity contribution >= 4 is 11.9 Å². The van der Waals surface area contributed by atoms with Crippen molar-refractivity contribution in [3.63, 3.8) is 0 Å². The van der Waals surface area contributed by atoms with E-state index in [0.717, 1.165) is 25.6 Å². The van der Waals surface area contributed by atoms with E-state index in [4.69, 9.17) is 5.11 Å². The number of halogens is 1. The molecule has 0 aromatic carbocycles. The third kappa shape index (κ3) is 3.49. The fourth-order valence-corrected chi connectivity index (χ4v) is 1.10. The standard InChI is InChI=1S/C10H11FN2O4/c1-17-10(16)8(5-14)13-9(15)6-2-7(11)4-12-3-6/h2-4,8,14H,5H2,1H3,(H,13,15). The van der Waals surface area contributed by atoms with Crippen LogP contribution in [0.4, 0.5) is 4.39 Å². The van der Waals surface area contributed by atoms with Gasteiger partial charge < -0.3 is 15.2 Å². The summed E-state index contributed by atoms with van der Waals surface area (Å²) in [6.45, 7) is -0.610. The minimum absolute atomic E-state index is 0.0487. The smallest absolute Gasteiger partial charge is 0.330 e. The van der Waals surface area contributed by atoms with Gasteiger partial charge in [0.2, 0.25) is 0 Å². The van der Waals surface area contributed by atoms with Gasteiger partial charge in [-0.15, -0.1) is 0 Å². The van der Waals surface area contributed by atoms with Crippen molar-refractivity contribution in [3.05, 3.63) is 29.8 Å². The van der Waals surface area contributed by atoms with E-state index in [9.17, 15) is 14.0 Å². The van der Waals surface area contributed by atoms with E-state index in [1.807, 2.05) is 0 Å². The molecule has 0 bridgehead atoms. The number of carbonyl (C=O) groups is 2. The first-order chi connectivity index (χ1) is 8.08. The first kappa shape index (κ1) is 13.0. The maximum Gasteiger partial charge on any atom is 0.330 e. The Labute approximate surface area is 96.4 Å². The highest BCUT2D eigenvalue weighted by molar-refractivity contribution is 5.96. The van der Waals surface area contributed by atoms with Crippen molar-refractivity contribution in [2.24, 2.45) is 0 Å². The van der Waals surface area contributed by atoms with Crippen LogP contribution in [0.1, 0.15) is 10.4 Å². The van der Waals surface area contributed by atoms with Gasteiger partial charge in [0.25, 0.3) is 5.91 Å². The summed E-state index contributed by atoms with van der Waals surface area (Å²) in [5, 5.41) is 11.1. The molecule has 0 fully saturated rings. The molecule has 1 aromatic rings. The van der Waals surface area contributed by atoms with Gasteiger partial charge in [0.05, 0.1) is 25.5 Å². The Kier molecular flexibility index (Phi) is 4.53. The number of nitrogens with zero attached hydrogens (tertiary/aromatic N) is 1. The topological polar surface area (TPSA) is 88.5 Å². The fraction of sp³-hybridized carbons (Fsp3) is 0.300. The number of pyridine rings is 1. The summed E-state index contributed by atoms with van der Waals surface area (Å²) in [7, 11) is 1.13. The van der Waals surface area contributed by atoms with Crippen molar-refractivity contribution in [1.29, 1.82) is 0 Å². The molecular weight excluding hydrogens is 231 g/mol. The summed E-state index contributed by atoms with van der Waals surface area (Å²) < 4.78 is 17.1. The highest BCUT2D eigenvalue weighted by Gasteiger charge is 2.21. The van der Waals surface area contributed by atoms with Gasteiger partial charge in [0.15, 0.2) is 6.04 Å². The lowest BCUT2D eigenvalue weighted by Gasteiger charge is -2.13. The number of aromatic nitrogens is 1. The molecule has 1 atom stereocenters. The second kappa shape index (κ2) is 5.90. The molecular formula is C10H11FN2O4. The van der Waals surface area contributed by atoms with E-state index < -0.39 is 30.3 Å². The van der Waals surface area contributed by atoms with Crippen molar-refractivity contribution in [1.82, 2.24) is 10.3 Å². The summed E-state index contributed by atoms with van der Waals surface area (Å²) in [6.07, 6.45) is 2.09. The molecule has 1 amide bonds. The van der Waals surface area contributed by atoms with E-state index in [1.54, 1.807) is 0 Å². The second-order valence-electron chi connectivity index (χ2n) is 3.12. The van der Waals surface area contributed by atoms with Gasteiger partial charge in [-0.1, -0.05) is 0 Å². The Hall–Kier alpha value is -2.02. The van der Waals surface area contributed by atoms with E-state index in [1.165, 1.54) is 0 Å². The predicted molar refractivity (Wildman–Crippen MR) is 54.6 cm³/mol.